The fraction of sp³-hybridized carbons (Fsp3) is 0.350. The number of β-amino-alcohol motifs (C(OH)–C–C–N with tert-alkyl or cyclic N) is 1. The highest BCUT2D eigenvalue weighted by molar-refractivity contribution is 6.32. The Morgan fingerprint density at radius 1 is 0.960 bits per heavy atom. The van der Waals surface area contributed by atoms with Gasteiger partial charge in [-0.3, -0.25) is 9.69 Å². The quantitative estimate of drug-likeness (QED) is 0.132. The van der Waals surface area contributed by atoms with Crippen LogP contribution in [0.1, 0.15) is 49.4 Å². The normalized spacial score (nSPS) is 17.2. The molecule has 0 amide bonds. The third-order valence-electron chi connectivity index (χ3n) is 8.67. The number of hydrogen-bond donors (Lipinski definition) is 1. The first kappa shape index (κ1) is 35.1. The third-order valence-corrected chi connectivity index (χ3v) is 8.96. The molecule has 1 N–H and O–H groups in total. The highest BCUT2D eigenvalue weighted by Gasteiger charge is 2.39. The molecule has 6 rings (SSSR count). The lowest BCUT2D eigenvalue weighted by molar-refractivity contribution is -0.160. The summed E-state index contributed by atoms with van der Waals surface area (Å²) in [4.78, 5) is 18.5. The number of likely N-dealkylation sites (tertiary alicyclic amines) is 1. The molecule has 1 fully saturated rings. The minimum atomic E-state index is -0.674. The van der Waals surface area contributed by atoms with Gasteiger partial charge in [0.15, 0.2) is 17.2 Å². The number of aliphatic hydroxyl groups is 1. The molecule has 0 unspecified atom stereocenters. The number of halogens is 1. The van der Waals surface area contributed by atoms with Crippen molar-refractivity contribution in [3.8, 4) is 34.1 Å². The van der Waals surface area contributed by atoms with E-state index < -0.39 is 17.7 Å². The van der Waals surface area contributed by atoms with Gasteiger partial charge in [0.05, 0.1) is 17.7 Å². The number of hydrogen-bond acceptors (Lipinski definition) is 8. The van der Waals surface area contributed by atoms with Crippen LogP contribution in [-0.4, -0.2) is 53.5 Å². The van der Waals surface area contributed by atoms with Gasteiger partial charge in [-0.1, -0.05) is 54.1 Å². The molecule has 4 aromatic rings. The van der Waals surface area contributed by atoms with Crippen molar-refractivity contribution in [1.82, 2.24) is 4.90 Å². The van der Waals surface area contributed by atoms with Crippen LogP contribution in [0.25, 0.3) is 16.0 Å². The maximum atomic E-state index is 13.1. The highest BCUT2D eigenvalue weighted by atomic mass is 35.5. The second kappa shape index (κ2) is 15.0. The Labute approximate surface area is 298 Å². The molecule has 0 bridgehead atoms. The predicted molar refractivity (Wildman–Crippen MR) is 191 cm³/mol. The van der Waals surface area contributed by atoms with Gasteiger partial charge in [-0.25, -0.2) is 4.85 Å². The summed E-state index contributed by atoms with van der Waals surface area (Å²) in [7, 11) is 0. The van der Waals surface area contributed by atoms with Crippen LogP contribution in [0.15, 0.2) is 72.8 Å². The molecule has 2 aliphatic rings. The summed E-state index contributed by atoms with van der Waals surface area (Å²) < 4.78 is 29.9. The van der Waals surface area contributed by atoms with E-state index in [4.69, 9.17) is 41.9 Å². The first-order valence-electron chi connectivity index (χ1n) is 16.7. The van der Waals surface area contributed by atoms with Gasteiger partial charge in [-0.15, -0.1) is 0 Å². The monoisotopic (exact) mass is 696 g/mol. The summed E-state index contributed by atoms with van der Waals surface area (Å²) in [5, 5.41) is 10.9. The summed E-state index contributed by atoms with van der Waals surface area (Å²) in [6.07, 6.45) is -0.402. The predicted octanol–water partition coefficient (Wildman–Crippen LogP) is 8.07. The molecule has 0 aromatic heterocycles. The largest absolute Gasteiger partial charge is 0.488 e. The summed E-state index contributed by atoms with van der Waals surface area (Å²) >= 11 is 6.86. The van der Waals surface area contributed by atoms with Crippen LogP contribution in [0.4, 0.5) is 5.69 Å². The van der Waals surface area contributed by atoms with Gasteiger partial charge in [0.2, 0.25) is 0 Å². The van der Waals surface area contributed by atoms with Crippen LogP contribution in [0.2, 0.25) is 5.02 Å². The van der Waals surface area contributed by atoms with Crippen LogP contribution < -0.4 is 18.9 Å². The number of benzene rings is 4. The zero-order valence-corrected chi connectivity index (χ0v) is 29.5. The zero-order chi connectivity index (χ0) is 35.4. The lowest BCUT2D eigenvalue weighted by atomic mass is 9.96. The first-order valence-corrected chi connectivity index (χ1v) is 17.0. The van der Waals surface area contributed by atoms with Crippen LogP contribution in [0.5, 0.6) is 23.0 Å². The SMILES string of the molecule is [C-]#[N+]c1cccc(COc2cc(OCc3cccc(-c4ccc5c(c4)OCCO5)c3C)c(Cl)cc2CN2C[C@H](O)C[C@@H]2C(=O)OC(C)(C)C)c1. The Hall–Kier alpha value is -4.75. The summed E-state index contributed by atoms with van der Waals surface area (Å²) in [6.45, 7) is 17.0. The molecule has 260 valence electrons. The Kier molecular flexibility index (Phi) is 10.5. The number of carbonyl (C=O) groups excluding carboxylic acids is 1. The van der Waals surface area contributed by atoms with Crippen molar-refractivity contribution < 1.29 is 33.6 Å². The highest BCUT2D eigenvalue weighted by Crippen LogP contribution is 2.38. The molecule has 9 nitrogen and oxygen atoms in total. The van der Waals surface area contributed by atoms with Crippen molar-refractivity contribution in [2.24, 2.45) is 0 Å². The van der Waals surface area contributed by atoms with Crippen LogP contribution in [0, 0.1) is 13.5 Å². The van der Waals surface area contributed by atoms with Crippen molar-refractivity contribution in [1.29, 1.82) is 0 Å². The number of rotatable bonds is 10. The number of fused-ring (bicyclic) bond motifs is 1. The van der Waals surface area contributed by atoms with E-state index in [0.717, 1.165) is 44.9 Å². The average Bonchev–Trinajstić information content (AvgIpc) is 3.47. The molecule has 50 heavy (non-hydrogen) atoms. The second-order valence-corrected chi connectivity index (χ2v) is 14.0. The van der Waals surface area contributed by atoms with E-state index in [1.165, 1.54) is 0 Å². The summed E-state index contributed by atoms with van der Waals surface area (Å²) in [5.41, 5.74) is 5.55. The van der Waals surface area contributed by atoms with Crippen molar-refractivity contribution in [2.75, 3.05) is 19.8 Å². The van der Waals surface area contributed by atoms with E-state index in [2.05, 4.69) is 17.8 Å². The Bertz CT molecular complexity index is 1920. The van der Waals surface area contributed by atoms with Gasteiger partial charge in [0.25, 0.3) is 0 Å². The van der Waals surface area contributed by atoms with Crippen LogP contribution in [-0.2, 0) is 29.3 Å². The molecular formula is C40H41ClN2O7. The van der Waals surface area contributed by atoms with Gasteiger partial charge in [-0.2, -0.15) is 0 Å². The summed E-state index contributed by atoms with van der Waals surface area (Å²) in [6, 6.07) is 22.2. The van der Waals surface area contributed by atoms with E-state index in [-0.39, 0.29) is 32.1 Å². The number of ether oxygens (including phenoxy) is 5. The minimum absolute atomic E-state index is 0.201. The summed E-state index contributed by atoms with van der Waals surface area (Å²) in [5.74, 6) is 2.05. The average molecular weight is 697 g/mol. The maximum absolute atomic E-state index is 13.1. The Morgan fingerprint density at radius 3 is 2.50 bits per heavy atom. The second-order valence-electron chi connectivity index (χ2n) is 13.6. The van der Waals surface area contributed by atoms with E-state index >= 15 is 0 Å². The Balaban J connectivity index is 1.26. The third kappa shape index (κ3) is 8.33. The molecule has 10 heteroatoms. The first-order chi connectivity index (χ1) is 24.0. The topological polar surface area (TPSA) is 91.0 Å². The molecule has 4 aromatic carbocycles. The van der Waals surface area contributed by atoms with Gasteiger partial charge < -0.3 is 28.8 Å². The van der Waals surface area contributed by atoms with E-state index in [1.807, 2.05) is 68.1 Å². The van der Waals surface area contributed by atoms with E-state index in [0.29, 0.717) is 42.0 Å². The molecule has 1 saturated heterocycles. The van der Waals surface area contributed by atoms with Crippen molar-refractivity contribution in [3.05, 3.63) is 111 Å². The zero-order valence-electron chi connectivity index (χ0n) is 28.7. The number of nitrogens with zero attached hydrogens (tertiary/aromatic N) is 2. The molecule has 0 spiro atoms. The van der Waals surface area contributed by atoms with E-state index in [1.54, 1.807) is 24.3 Å². The Morgan fingerprint density at radius 2 is 1.72 bits per heavy atom. The number of carbonyl (C=O) groups is 1. The van der Waals surface area contributed by atoms with Crippen molar-refractivity contribution >= 4 is 23.3 Å². The van der Waals surface area contributed by atoms with Crippen LogP contribution in [0.3, 0.4) is 0 Å². The lowest BCUT2D eigenvalue weighted by Gasteiger charge is -2.28. The molecule has 0 aliphatic carbocycles. The molecule has 0 saturated carbocycles. The molecular weight excluding hydrogens is 656 g/mol. The fourth-order valence-electron chi connectivity index (χ4n) is 6.23. The standard InChI is InChI=1S/C40H41ClN2O7/c1-25-28(9-7-11-32(25)27-12-13-35-38(18-27)47-15-14-46-35)24-49-37-20-36(48-23-26-8-6-10-30(16-26)42-5)29(17-33(37)41)21-43-22-31(44)19-34(43)39(45)50-40(2,3)4/h6-13,16-18,20,31,34,44H,14-15,19,21-24H2,1-4H3/t31-,34-/m1/s1. The molecule has 2 aliphatic heterocycles. The minimum Gasteiger partial charge on any atom is -0.488 e. The van der Waals surface area contributed by atoms with Gasteiger partial charge in [-0.05, 0) is 79.8 Å². The van der Waals surface area contributed by atoms with Gasteiger partial charge >= 0.3 is 5.97 Å². The maximum Gasteiger partial charge on any atom is 0.323 e. The molecule has 0 radical (unpaired) electrons. The van der Waals surface area contributed by atoms with Crippen molar-refractivity contribution in [2.45, 2.75) is 71.6 Å². The van der Waals surface area contributed by atoms with Gasteiger partial charge in [0.1, 0.15) is 49.6 Å². The smallest absolute Gasteiger partial charge is 0.323 e. The van der Waals surface area contributed by atoms with Crippen molar-refractivity contribution in [3.63, 3.8) is 0 Å². The number of esters is 1. The van der Waals surface area contributed by atoms with Gasteiger partial charge in [0, 0.05) is 31.1 Å². The molecule has 2 atom stereocenters. The van der Waals surface area contributed by atoms with E-state index in [9.17, 15) is 9.90 Å². The van der Waals surface area contributed by atoms with Crippen LogP contribution >= 0.6 is 11.6 Å². The number of aliphatic hydroxyl groups excluding tert-OH is 1. The molecule has 2 heterocycles. The fourth-order valence-corrected chi connectivity index (χ4v) is 6.47. The lowest BCUT2D eigenvalue weighted by Crippen LogP contribution is -2.40.